The molecule has 1 fully saturated rings. The second-order valence-electron chi connectivity index (χ2n) is 6.44. The van der Waals surface area contributed by atoms with Crippen LogP contribution in [0.25, 0.3) is 0 Å². The third kappa shape index (κ3) is 2.74. The van der Waals surface area contributed by atoms with Crippen LogP contribution < -0.4 is 5.32 Å². The molecule has 1 aliphatic rings. The fourth-order valence-corrected chi connectivity index (χ4v) is 2.92. The molecule has 2 rings (SSSR count). The Hall–Kier alpha value is -1.63. The molecule has 1 aromatic rings. The molecule has 7 heteroatoms. The summed E-state index contributed by atoms with van der Waals surface area (Å²) in [5.41, 5.74) is 0.758. The minimum Gasteiger partial charge on any atom is -0.363 e. The molecule has 0 atom stereocenters. The maximum atomic E-state index is 11.4. The highest BCUT2D eigenvalue weighted by molar-refractivity contribution is 5.60. The van der Waals surface area contributed by atoms with Crippen LogP contribution in [0.2, 0.25) is 0 Å². The molecule has 21 heavy (non-hydrogen) atoms. The van der Waals surface area contributed by atoms with E-state index in [0.717, 1.165) is 12.8 Å². The normalized spacial score (nSPS) is 17.1. The molecule has 1 N–H and O–H groups in total. The van der Waals surface area contributed by atoms with Crippen molar-refractivity contribution in [3.05, 3.63) is 15.8 Å². The number of aryl methyl sites for hydroxylation is 1. The quantitative estimate of drug-likeness (QED) is 0.644. The van der Waals surface area contributed by atoms with Gasteiger partial charge in [0.05, 0.1) is 4.92 Å². The Morgan fingerprint density at radius 2 is 2.10 bits per heavy atom. The minimum absolute atomic E-state index is 0.0265. The highest BCUT2D eigenvalue weighted by atomic mass is 16.6. The summed E-state index contributed by atoms with van der Waals surface area (Å²) in [7, 11) is 5.89. The summed E-state index contributed by atoms with van der Waals surface area (Å²) < 4.78 is 1.59. The molecule has 0 aromatic carbocycles. The molecule has 1 aliphatic carbocycles. The van der Waals surface area contributed by atoms with E-state index in [1.54, 1.807) is 11.7 Å². The first-order valence-electron chi connectivity index (χ1n) is 7.41. The van der Waals surface area contributed by atoms with E-state index in [1.807, 2.05) is 13.8 Å². The van der Waals surface area contributed by atoms with Gasteiger partial charge in [0.25, 0.3) is 0 Å². The molecule has 1 heterocycles. The second-order valence-corrected chi connectivity index (χ2v) is 6.44. The largest absolute Gasteiger partial charge is 0.363 e. The van der Waals surface area contributed by atoms with E-state index >= 15 is 0 Å². The van der Waals surface area contributed by atoms with Crippen molar-refractivity contribution in [1.82, 2.24) is 14.7 Å². The van der Waals surface area contributed by atoms with Gasteiger partial charge in [-0.3, -0.25) is 10.1 Å². The van der Waals surface area contributed by atoms with E-state index < -0.39 is 0 Å². The Morgan fingerprint density at radius 1 is 1.48 bits per heavy atom. The van der Waals surface area contributed by atoms with Crippen molar-refractivity contribution in [3.8, 4) is 0 Å². The van der Waals surface area contributed by atoms with Crippen molar-refractivity contribution in [2.75, 3.05) is 26.0 Å². The summed E-state index contributed by atoms with van der Waals surface area (Å²) in [5.74, 6) is 0.537. The van der Waals surface area contributed by atoms with Gasteiger partial charge in [-0.25, -0.2) is 4.68 Å². The number of hydrogen-bond donors (Lipinski definition) is 1. The number of nitrogens with one attached hydrogen (secondary N) is 1. The number of rotatable bonds is 6. The number of nitrogens with zero attached hydrogens (tertiary/aromatic N) is 4. The van der Waals surface area contributed by atoms with Crippen LogP contribution in [0.5, 0.6) is 0 Å². The fourth-order valence-electron chi connectivity index (χ4n) is 2.92. The zero-order valence-corrected chi connectivity index (χ0v) is 13.5. The van der Waals surface area contributed by atoms with Crippen LogP contribution in [-0.2, 0) is 7.05 Å². The summed E-state index contributed by atoms with van der Waals surface area (Å²) in [5, 5.41) is 19.0. The van der Waals surface area contributed by atoms with Gasteiger partial charge in [0.1, 0.15) is 5.69 Å². The van der Waals surface area contributed by atoms with Gasteiger partial charge >= 0.3 is 5.69 Å². The maximum absolute atomic E-state index is 11.4. The molecule has 7 nitrogen and oxygen atoms in total. The molecule has 0 saturated heterocycles. The summed E-state index contributed by atoms with van der Waals surface area (Å²) in [6.07, 6.45) is 3.45. The minimum atomic E-state index is -0.326. The summed E-state index contributed by atoms with van der Waals surface area (Å²) in [4.78, 5) is 13.3. The lowest BCUT2D eigenvalue weighted by atomic mass is 9.75. The molecule has 1 saturated carbocycles. The van der Waals surface area contributed by atoms with Gasteiger partial charge in [-0.05, 0) is 33.4 Å². The third-order valence-corrected chi connectivity index (χ3v) is 4.60. The van der Waals surface area contributed by atoms with Crippen LogP contribution in [0.1, 0.15) is 44.7 Å². The first-order chi connectivity index (χ1) is 9.78. The van der Waals surface area contributed by atoms with E-state index in [1.165, 1.54) is 6.42 Å². The number of nitro groups is 1. The SMILES string of the molecule is CC(C)c1nn(C)c(NCC2(N(C)C)CCC2)c1[N+](=O)[O-]. The van der Waals surface area contributed by atoms with Crippen molar-refractivity contribution in [2.24, 2.45) is 7.05 Å². The lowest BCUT2D eigenvalue weighted by Gasteiger charge is -2.47. The number of likely N-dealkylation sites (N-methyl/N-ethyl adjacent to an activating group) is 1. The average Bonchev–Trinajstić information content (AvgIpc) is 2.65. The summed E-state index contributed by atoms with van der Waals surface area (Å²) in [6, 6.07) is 0. The van der Waals surface area contributed by atoms with Crippen LogP contribution in [0.4, 0.5) is 11.5 Å². The molecule has 118 valence electrons. The molecule has 0 spiro atoms. The predicted molar refractivity (Wildman–Crippen MR) is 82.7 cm³/mol. The zero-order valence-electron chi connectivity index (χ0n) is 13.5. The molecule has 0 bridgehead atoms. The van der Waals surface area contributed by atoms with Crippen LogP contribution in [-0.4, -0.2) is 45.8 Å². The van der Waals surface area contributed by atoms with Gasteiger partial charge in [-0.2, -0.15) is 5.10 Å². The maximum Gasteiger partial charge on any atom is 0.334 e. The second kappa shape index (κ2) is 5.63. The first kappa shape index (κ1) is 15.8. The van der Waals surface area contributed by atoms with E-state index in [-0.39, 0.29) is 22.1 Å². The lowest BCUT2D eigenvalue weighted by molar-refractivity contribution is -0.384. The third-order valence-electron chi connectivity index (χ3n) is 4.60. The smallest absolute Gasteiger partial charge is 0.334 e. The lowest BCUT2D eigenvalue weighted by Crippen LogP contribution is -2.54. The van der Waals surface area contributed by atoms with Gasteiger partial charge < -0.3 is 10.2 Å². The standard InChI is InChI=1S/C14H25N5O2/c1-10(2)11-12(19(20)21)13(18(5)16-11)15-9-14(17(3)4)7-6-8-14/h10,15H,6-9H2,1-5H3. The van der Waals surface area contributed by atoms with Crippen molar-refractivity contribution in [2.45, 2.75) is 44.6 Å². The van der Waals surface area contributed by atoms with Crippen molar-refractivity contribution in [3.63, 3.8) is 0 Å². The monoisotopic (exact) mass is 295 g/mol. The van der Waals surface area contributed by atoms with Crippen LogP contribution in [0.3, 0.4) is 0 Å². The van der Waals surface area contributed by atoms with Crippen LogP contribution in [0, 0.1) is 10.1 Å². The first-order valence-corrected chi connectivity index (χ1v) is 7.41. The molecular formula is C14H25N5O2. The van der Waals surface area contributed by atoms with E-state index in [2.05, 4.69) is 29.4 Å². The molecule has 0 unspecified atom stereocenters. The van der Waals surface area contributed by atoms with Gasteiger partial charge in [-0.1, -0.05) is 13.8 Å². The summed E-state index contributed by atoms with van der Waals surface area (Å²) in [6.45, 7) is 4.55. The Labute approximate surface area is 125 Å². The highest BCUT2D eigenvalue weighted by Crippen LogP contribution is 2.38. The van der Waals surface area contributed by atoms with E-state index in [9.17, 15) is 10.1 Å². The molecule has 0 aliphatic heterocycles. The Morgan fingerprint density at radius 3 is 2.48 bits per heavy atom. The van der Waals surface area contributed by atoms with Crippen LogP contribution >= 0.6 is 0 Å². The zero-order chi connectivity index (χ0) is 15.8. The molecular weight excluding hydrogens is 270 g/mol. The van der Waals surface area contributed by atoms with Gasteiger partial charge in [0.2, 0.25) is 5.82 Å². The molecule has 0 radical (unpaired) electrons. The fraction of sp³-hybridized carbons (Fsp3) is 0.786. The van der Waals surface area contributed by atoms with E-state index in [4.69, 9.17) is 0 Å². The van der Waals surface area contributed by atoms with Gasteiger partial charge in [0.15, 0.2) is 0 Å². The Kier molecular flexibility index (Phi) is 4.22. The van der Waals surface area contributed by atoms with Crippen LogP contribution in [0.15, 0.2) is 0 Å². The van der Waals surface area contributed by atoms with Gasteiger partial charge in [-0.15, -0.1) is 0 Å². The number of anilines is 1. The highest BCUT2D eigenvalue weighted by Gasteiger charge is 2.40. The van der Waals surface area contributed by atoms with Crippen molar-refractivity contribution in [1.29, 1.82) is 0 Å². The van der Waals surface area contributed by atoms with E-state index in [0.29, 0.717) is 18.1 Å². The average molecular weight is 295 g/mol. The van der Waals surface area contributed by atoms with Crippen molar-refractivity contribution < 1.29 is 4.92 Å². The van der Waals surface area contributed by atoms with Gasteiger partial charge in [0, 0.05) is 25.0 Å². The summed E-state index contributed by atoms with van der Waals surface area (Å²) >= 11 is 0. The molecule has 0 amide bonds. The Balaban J connectivity index is 2.26. The molecule has 1 aromatic heterocycles. The number of hydrogen-bond acceptors (Lipinski definition) is 5. The van der Waals surface area contributed by atoms with Crippen molar-refractivity contribution >= 4 is 11.5 Å². The topological polar surface area (TPSA) is 76.2 Å². The number of aromatic nitrogens is 2. The predicted octanol–water partition coefficient (Wildman–Crippen LogP) is 2.35. The Bertz CT molecular complexity index is 532.